The maximum atomic E-state index is 12.8. The first-order valence-corrected chi connectivity index (χ1v) is 10.9. The van der Waals surface area contributed by atoms with Crippen molar-refractivity contribution >= 4 is 23.0 Å². The Hall–Kier alpha value is -3.07. The lowest BCUT2D eigenvalue weighted by molar-refractivity contribution is -0.139. The zero-order valence-corrected chi connectivity index (χ0v) is 18.1. The summed E-state index contributed by atoms with van der Waals surface area (Å²) in [6.07, 6.45) is -2.69. The molecule has 0 saturated carbocycles. The number of ether oxygens (including phenoxy) is 1. The Kier molecular flexibility index (Phi) is 6.10. The third-order valence-corrected chi connectivity index (χ3v) is 6.64. The molecule has 2 aromatic carbocycles. The highest BCUT2D eigenvalue weighted by molar-refractivity contribution is 7.15. The summed E-state index contributed by atoms with van der Waals surface area (Å²) in [5.74, 6) is -0.497. The Balaban J connectivity index is 1.44. The molecule has 1 aliphatic rings. The van der Waals surface area contributed by atoms with Crippen molar-refractivity contribution in [3.05, 3.63) is 64.2 Å². The van der Waals surface area contributed by atoms with Crippen LogP contribution in [0.25, 0.3) is 10.6 Å². The zero-order chi connectivity index (χ0) is 22.9. The minimum Gasteiger partial charge on any atom is -0.482 e. The quantitative estimate of drug-likeness (QED) is 0.523. The summed E-state index contributed by atoms with van der Waals surface area (Å²) in [6, 6.07) is 10.7. The van der Waals surface area contributed by atoms with Gasteiger partial charge in [-0.25, -0.2) is 9.78 Å². The lowest BCUT2D eigenvalue weighted by Crippen LogP contribution is -2.23. The van der Waals surface area contributed by atoms with Gasteiger partial charge in [-0.2, -0.15) is 13.2 Å². The van der Waals surface area contributed by atoms with Crippen LogP contribution in [-0.4, -0.2) is 35.8 Å². The molecule has 2 heterocycles. The van der Waals surface area contributed by atoms with Gasteiger partial charge in [-0.15, -0.1) is 11.3 Å². The molecule has 0 amide bonds. The fourth-order valence-electron chi connectivity index (χ4n) is 3.71. The number of carbonyl (C=O) groups is 1. The maximum absolute atomic E-state index is 12.8. The smallest absolute Gasteiger partial charge is 0.416 e. The van der Waals surface area contributed by atoms with Crippen LogP contribution in [0, 0.1) is 6.92 Å². The van der Waals surface area contributed by atoms with Crippen molar-refractivity contribution < 1.29 is 27.8 Å². The van der Waals surface area contributed by atoms with Crippen molar-refractivity contribution in [3.8, 4) is 16.3 Å². The van der Waals surface area contributed by atoms with E-state index in [1.54, 1.807) is 6.07 Å². The number of nitrogens with zero attached hydrogens (tertiary/aromatic N) is 2. The number of rotatable bonds is 7. The second kappa shape index (κ2) is 8.82. The van der Waals surface area contributed by atoms with Crippen molar-refractivity contribution in [2.24, 2.45) is 0 Å². The average molecular weight is 462 g/mol. The predicted octanol–water partition coefficient (Wildman–Crippen LogP) is 5.21. The molecular formula is C23H21F3N2O3S. The third kappa shape index (κ3) is 4.88. The van der Waals surface area contributed by atoms with Gasteiger partial charge in [0.2, 0.25) is 0 Å². The summed E-state index contributed by atoms with van der Waals surface area (Å²) in [5, 5.41) is 9.51. The molecule has 5 nitrogen and oxygen atoms in total. The van der Waals surface area contributed by atoms with Crippen molar-refractivity contribution in [3.63, 3.8) is 0 Å². The summed E-state index contributed by atoms with van der Waals surface area (Å²) in [5.41, 5.74) is 3.11. The molecule has 0 bridgehead atoms. The first-order chi connectivity index (χ1) is 15.2. The Morgan fingerprint density at radius 3 is 2.66 bits per heavy atom. The average Bonchev–Trinajstić information content (AvgIpc) is 3.33. The number of fused-ring (bicyclic) bond motifs is 1. The minimum atomic E-state index is -4.35. The molecule has 0 radical (unpaired) electrons. The van der Waals surface area contributed by atoms with E-state index in [4.69, 9.17) is 9.84 Å². The first kappa shape index (κ1) is 22.1. The summed E-state index contributed by atoms with van der Waals surface area (Å²) >= 11 is 1.50. The highest BCUT2D eigenvalue weighted by atomic mass is 32.1. The number of aromatic nitrogens is 1. The van der Waals surface area contributed by atoms with E-state index in [0.717, 1.165) is 54.3 Å². The van der Waals surface area contributed by atoms with E-state index in [2.05, 4.69) is 9.88 Å². The van der Waals surface area contributed by atoms with Gasteiger partial charge in [0.15, 0.2) is 6.61 Å². The van der Waals surface area contributed by atoms with Gasteiger partial charge in [0.05, 0.1) is 11.3 Å². The summed E-state index contributed by atoms with van der Waals surface area (Å²) < 4.78 is 43.7. The van der Waals surface area contributed by atoms with E-state index in [0.29, 0.717) is 16.3 Å². The van der Waals surface area contributed by atoms with Crippen LogP contribution >= 0.6 is 11.3 Å². The number of carboxylic acids is 1. The molecule has 0 fully saturated rings. The lowest BCUT2D eigenvalue weighted by atomic mass is 10.1. The highest BCUT2D eigenvalue weighted by Crippen LogP contribution is 2.35. The molecule has 1 aromatic heterocycles. The van der Waals surface area contributed by atoms with Gasteiger partial charge in [0.25, 0.3) is 0 Å². The first-order valence-electron chi connectivity index (χ1n) is 10.1. The van der Waals surface area contributed by atoms with Gasteiger partial charge in [0.1, 0.15) is 10.8 Å². The molecular weight excluding hydrogens is 441 g/mol. The van der Waals surface area contributed by atoms with E-state index in [1.807, 2.05) is 19.1 Å². The van der Waals surface area contributed by atoms with Crippen LogP contribution in [0.4, 0.5) is 18.9 Å². The minimum absolute atomic E-state index is 0.383. The van der Waals surface area contributed by atoms with Gasteiger partial charge in [-0.1, -0.05) is 18.2 Å². The van der Waals surface area contributed by atoms with Gasteiger partial charge in [-0.3, -0.25) is 0 Å². The van der Waals surface area contributed by atoms with Gasteiger partial charge < -0.3 is 14.7 Å². The van der Waals surface area contributed by atoms with Crippen LogP contribution in [-0.2, 0) is 23.8 Å². The molecule has 0 atom stereocenters. The summed E-state index contributed by atoms with van der Waals surface area (Å²) in [6.45, 7) is 3.15. The Bertz CT molecular complexity index is 1130. The van der Waals surface area contributed by atoms with Crippen LogP contribution in [0.5, 0.6) is 5.75 Å². The molecule has 168 valence electrons. The van der Waals surface area contributed by atoms with Gasteiger partial charge in [0, 0.05) is 41.7 Å². The van der Waals surface area contributed by atoms with E-state index in [9.17, 15) is 18.0 Å². The lowest BCUT2D eigenvalue weighted by Gasteiger charge is -2.19. The largest absolute Gasteiger partial charge is 0.482 e. The highest BCUT2D eigenvalue weighted by Gasteiger charge is 2.30. The SMILES string of the molecule is Cc1nc(-c2ccc(C(F)(F)F)cc2)sc1CCN1CCc2ccc(OCC(=O)O)cc21. The van der Waals surface area contributed by atoms with Gasteiger partial charge >= 0.3 is 12.1 Å². The van der Waals surface area contributed by atoms with Crippen molar-refractivity contribution in [1.29, 1.82) is 0 Å². The molecule has 0 saturated heterocycles. The van der Waals surface area contributed by atoms with E-state index >= 15 is 0 Å². The number of anilines is 1. The fraction of sp³-hybridized carbons (Fsp3) is 0.304. The second-order valence-electron chi connectivity index (χ2n) is 7.56. The Morgan fingerprint density at radius 2 is 1.97 bits per heavy atom. The number of thiazole rings is 1. The summed E-state index contributed by atoms with van der Waals surface area (Å²) in [4.78, 5) is 18.6. The number of aryl methyl sites for hydroxylation is 1. The molecule has 1 aliphatic heterocycles. The molecule has 0 aliphatic carbocycles. The van der Waals surface area contributed by atoms with Crippen LogP contribution in [0.15, 0.2) is 42.5 Å². The second-order valence-corrected chi connectivity index (χ2v) is 8.65. The van der Waals surface area contributed by atoms with Crippen LogP contribution in [0.3, 0.4) is 0 Å². The molecule has 9 heteroatoms. The molecule has 32 heavy (non-hydrogen) atoms. The molecule has 0 spiro atoms. The zero-order valence-electron chi connectivity index (χ0n) is 17.3. The Morgan fingerprint density at radius 1 is 1.22 bits per heavy atom. The molecule has 4 rings (SSSR count). The number of carboxylic acid groups (broad SMARTS) is 1. The number of benzene rings is 2. The number of halogens is 3. The van der Waals surface area contributed by atoms with Crippen molar-refractivity contribution in [1.82, 2.24) is 4.98 Å². The normalized spacial score (nSPS) is 13.3. The van der Waals surface area contributed by atoms with Crippen LogP contribution < -0.4 is 9.64 Å². The Labute approximate surface area is 187 Å². The molecule has 3 aromatic rings. The van der Waals surface area contributed by atoms with Crippen LogP contribution in [0.1, 0.15) is 21.7 Å². The topological polar surface area (TPSA) is 62.7 Å². The number of hydrogen-bond acceptors (Lipinski definition) is 5. The predicted molar refractivity (Wildman–Crippen MR) is 116 cm³/mol. The monoisotopic (exact) mass is 462 g/mol. The standard InChI is InChI=1S/C23H21F3N2O3S/c1-14-20(32-22(27-14)16-2-5-17(6-3-16)23(24,25)26)9-11-28-10-8-15-4-7-18(12-19(15)28)31-13-21(29)30/h2-7,12H,8-11,13H2,1H3,(H,29,30). The van der Waals surface area contributed by atoms with Gasteiger partial charge in [-0.05, 0) is 37.1 Å². The van der Waals surface area contributed by atoms with E-state index in [1.165, 1.54) is 29.0 Å². The molecule has 0 unspecified atom stereocenters. The number of hydrogen-bond donors (Lipinski definition) is 1. The number of alkyl halides is 3. The third-order valence-electron chi connectivity index (χ3n) is 5.37. The van der Waals surface area contributed by atoms with E-state index in [-0.39, 0.29) is 6.61 Å². The van der Waals surface area contributed by atoms with Crippen LogP contribution in [0.2, 0.25) is 0 Å². The summed E-state index contributed by atoms with van der Waals surface area (Å²) in [7, 11) is 0. The van der Waals surface area contributed by atoms with Crippen molar-refractivity contribution in [2.45, 2.75) is 25.9 Å². The van der Waals surface area contributed by atoms with Crippen molar-refractivity contribution in [2.75, 3.05) is 24.6 Å². The number of aliphatic carboxylic acids is 1. The van der Waals surface area contributed by atoms with E-state index < -0.39 is 17.7 Å². The fourth-order valence-corrected chi connectivity index (χ4v) is 4.77. The molecule has 1 N–H and O–H groups in total. The maximum Gasteiger partial charge on any atom is 0.416 e.